The first-order chi connectivity index (χ1) is 8.08. The smallest absolute Gasteiger partial charge is 0.280 e. The summed E-state index contributed by atoms with van der Waals surface area (Å²) in [7, 11) is 0. The number of rotatable bonds is 0. The van der Waals surface area contributed by atoms with Gasteiger partial charge < -0.3 is 5.84 Å². The molecule has 5 heteroatoms. The Labute approximate surface area is 103 Å². The standard InChI is InChI=1S/C12H15N3OS/c1-6-3-4-9-8(5-6)10-11(17-9)14-7(2)15(13)12(10)16/h6H,3-5,13H2,1-2H3/t6-/m0/s1. The van der Waals surface area contributed by atoms with E-state index in [4.69, 9.17) is 5.84 Å². The van der Waals surface area contributed by atoms with Gasteiger partial charge >= 0.3 is 0 Å². The predicted octanol–water partition coefficient (Wildman–Crippen LogP) is 1.61. The van der Waals surface area contributed by atoms with Crippen LogP contribution in [0.25, 0.3) is 10.2 Å². The molecule has 0 aromatic carbocycles. The van der Waals surface area contributed by atoms with Gasteiger partial charge in [-0.2, -0.15) is 0 Å². The molecule has 1 atom stereocenters. The summed E-state index contributed by atoms with van der Waals surface area (Å²) in [6.07, 6.45) is 3.26. The number of hydrogen-bond acceptors (Lipinski definition) is 4. The zero-order valence-corrected chi connectivity index (χ0v) is 10.8. The lowest BCUT2D eigenvalue weighted by molar-refractivity contribution is 0.508. The van der Waals surface area contributed by atoms with E-state index in [1.165, 1.54) is 16.9 Å². The van der Waals surface area contributed by atoms with Crippen molar-refractivity contribution in [2.45, 2.75) is 33.1 Å². The third kappa shape index (κ3) is 1.49. The first-order valence-electron chi connectivity index (χ1n) is 5.87. The van der Waals surface area contributed by atoms with Crippen molar-refractivity contribution in [1.29, 1.82) is 0 Å². The highest BCUT2D eigenvalue weighted by molar-refractivity contribution is 7.18. The van der Waals surface area contributed by atoms with Gasteiger partial charge in [-0.3, -0.25) is 4.79 Å². The average Bonchev–Trinajstić information content (AvgIpc) is 2.63. The molecule has 17 heavy (non-hydrogen) atoms. The fraction of sp³-hybridized carbons (Fsp3) is 0.500. The highest BCUT2D eigenvalue weighted by atomic mass is 32.1. The molecule has 0 amide bonds. The van der Waals surface area contributed by atoms with E-state index in [9.17, 15) is 4.79 Å². The van der Waals surface area contributed by atoms with E-state index in [1.54, 1.807) is 18.3 Å². The molecule has 0 saturated heterocycles. The molecule has 2 aromatic rings. The molecule has 2 aromatic heterocycles. The van der Waals surface area contributed by atoms with Gasteiger partial charge in [0, 0.05) is 4.88 Å². The molecule has 0 radical (unpaired) electrons. The Kier molecular flexibility index (Phi) is 2.26. The fourth-order valence-corrected chi connectivity index (χ4v) is 3.76. The van der Waals surface area contributed by atoms with Crippen LogP contribution < -0.4 is 11.4 Å². The largest absolute Gasteiger partial charge is 0.335 e. The number of nitrogen functional groups attached to an aromatic ring is 1. The molecule has 0 spiro atoms. The predicted molar refractivity (Wildman–Crippen MR) is 70.0 cm³/mol. The second-order valence-electron chi connectivity index (χ2n) is 4.87. The van der Waals surface area contributed by atoms with Crippen molar-refractivity contribution in [3.8, 4) is 0 Å². The van der Waals surface area contributed by atoms with Gasteiger partial charge in [0.15, 0.2) is 0 Å². The average molecular weight is 249 g/mol. The summed E-state index contributed by atoms with van der Waals surface area (Å²) in [5, 5.41) is 0.754. The van der Waals surface area contributed by atoms with Crippen LogP contribution in [-0.2, 0) is 12.8 Å². The summed E-state index contributed by atoms with van der Waals surface area (Å²) in [6.45, 7) is 4.00. The molecule has 1 aliphatic carbocycles. The van der Waals surface area contributed by atoms with Gasteiger partial charge in [-0.25, -0.2) is 9.66 Å². The number of fused-ring (bicyclic) bond motifs is 3. The molecule has 3 rings (SSSR count). The first-order valence-corrected chi connectivity index (χ1v) is 6.68. The van der Waals surface area contributed by atoms with Crippen LogP contribution in [0.2, 0.25) is 0 Å². The summed E-state index contributed by atoms with van der Waals surface area (Å²) < 4.78 is 1.16. The molecule has 0 unspecified atom stereocenters. The molecule has 0 aliphatic heterocycles. The van der Waals surface area contributed by atoms with E-state index in [2.05, 4.69) is 11.9 Å². The monoisotopic (exact) mass is 249 g/mol. The van der Waals surface area contributed by atoms with Gasteiger partial charge in [-0.15, -0.1) is 11.3 Å². The molecule has 0 saturated carbocycles. The minimum atomic E-state index is -0.0981. The number of nitrogens with two attached hydrogens (primary N) is 1. The molecular weight excluding hydrogens is 234 g/mol. The van der Waals surface area contributed by atoms with Gasteiger partial charge in [0.05, 0.1) is 5.39 Å². The lowest BCUT2D eigenvalue weighted by atomic mass is 9.89. The van der Waals surface area contributed by atoms with Crippen LogP contribution in [0.3, 0.4) is 0 Å². The third-order valence-electron chi connectivity index (χ3n) is 3.53. The van der Waals surface area contributed by atoms with Crippen LogP contribution >= 0.6 is 11.3 Å². The molecule has 0 fully saturated rings. The van der Waals surface area contributed by atoms with Crippen molar-refractivity contribution in [3.63, 3.8) is 0 Å². The van der Waals surface area contributed by atoms with E-state index in [-0.39, 0.29) is 5.56 Å². The number of aromatic nitrogens is 2. The van der Waals surface area contributed by atoms with Crippen molar-refractivity contribution in [2.75, 3.05) is 5.84 Å². The van der Waals surface area contributed by atoms with Crippen molar-refractivity contribution in [3.05, 3.63) is 26.6 Å². The van der Waals surface area contributed by atoms with Crippen LogP contribution in [0.5, 0.6) is 0 Å². The van der Waals surface area contributed by atoms with Crippen LogP contribution in [0.15, 0.2) is 4.79 Å². The second kappa shape index (κ2) is 3.57. The summed E-state index contributed by atoms with van der Waals surface area (Å²) in [5.74, 6) is 6.94. The maximum Gasteiger partial charge on any atom is 0.280 e. The van der Waals surface area contributed by atoms with E-state index < -0.39 is 0 Å². The van der Waals surface area contributed by atoms with Crippen LogP contribution in [-0.4, -0.2) is 9.66 Å². The van der Waals surface area contributed by atoms with Crippen molar-refractivity contribution >= 4 is 21.6 Å². The van der Waals surface area contributed by atoms with Crippen molar-refractivity contribution in [2.24, 2.45) is 5.92 Å². The Morgan fingerprint density at radius 1 is 1.53 bits per heavy atom. The van der Waals surface area contributed by atoms with Crippen molar-refractivity contribution in [1.82, 2.24) is 9.66 Å². The van der Waals surface area contributed by atoms with Crippen LogP contribution in [0.4, 0.5) is 0 Å². The number of hydrogen-bond donors (Lipinski definition) is 1. The van der Waals surface area contributed by atoms with Crippen molar-refractivity contribution < 1.29 is 0 Å². The summed E-state index contributed by atoms with van der Waals surface area (Å²) in [4.78, 5) is 18.8. The van der Waals surface area contributed by atoms with Gasteiger partial charge in [-0.1, -0.05) is 6.92 Å². The number of nitrogens with zero attached hydrogens (tertiary/aromatic N) is 2. The summed E-state index contributed by atoms with van der Waals surface area (Å²) >= 11 is 1.66. The lowest BCUT2D eigenvalue weighted by Gasteiger charge is -2.17. The van der Waals surface area contributed by atoms with Gasteiger partial charge in [0.2, 0.25) is 0 Å². The van der Waals surface area contributed by atoms with Gasteiger partial charge in [-0.05, 0) is 37.7 Å². The summed E-state index contributed by atoms with van der Waals surface area (Å²) in [5.41, 5.74) is 1.10. The minimum absolute atomic E-state index is 0.0981. The zero-order chi connectivity index (χ0) is 12.2. The Balaban J connectivity index is 2.38. The Morgan fingerprint density at radius 3 is 3.06 bits per heavy atom. The molecule has 1 aliphatic rings. The fourth-order valence-electron chi connectivity index (χ4n) is 2.51. The highest BCUT2D eigenvalue weighted by Crippen LogP contribution is 2.35. The Bertz CT molecular complexity index is 656. The topological polar surface area (TPSA) is 60.9 Å². The molecule has 4 nitrogen and oxygen atoms in total. The number of thiophene rings is 1. The summed E-state index contributed by atoms with van der Waals surface area (Å²) in [6, 6.07) is 0. The molecule has 90 valence electrons. The SMILES string of the molecule is Cc1nc2sc3c(c2c(=O)n1N)C[C@@H](C)CC3. The molecule has 2 N–H and O–H groups in total. The third-order valence-corrected chi connectivity index (χ3v) is 4.72. The minimum Gasteiger partial charge on any atom is -0.335 e. The van der Waals surface area contributed by atoms with Gasteiger partial charge in [0.1, 0.15) is 10.7 Å². The lowest BCUT2D eigenvalue weighted by Crippen LogP contribution is -2.30. The quantitative estimate of drug-likeness (QED) is 0.721. The number of aryl methyl sites for hydroxylation is 2. The van der Waals surface area contributed by atoms with E-state index >= 15 is 0 Å². The van der Waals surface area contributed by atoms with E-state index in [0.717, 1.165) is 27.7 Å². The Morgan fingerprint density at radius 2 is 2.29 bits per heavy atom. The van der Waals surface area contributed by atoms with Gasteiger partial charge in [0.25, 0.3) is 5.56 Å². The maximum atomic E-state index is 12.2. The van der Waals surface area contributed by atoms with E-state index in [0.29, 0.717) is 11.7 Å². The van der Waals surface area contributed by atoms with E-state index in [1.807, 2.05) is 0 Å². The Hall–Kier alpha value is -1.36. The normalized spacial score (nSPS) is 19.5. The first kappa shape index (κ1) is 10.8. The molecule has 2 heterocycles. The highest BCUT2D eigenvalue weighted by Gasteiger charge is 2.23. The van der Waals surface area contributed by atoms with Crippen LogP contribution in [0, 0.1) is 12.8 Å². The maximum absolute atomic E-state index is 12.2. The van der Waals surface area contributed by atoms with Crippen LogP contribution in [0.1, 0.15) is 29.6 Å². The zero-order valence-electron chi connectivity index (χ0n) is 9.99. The molecule has 0 bridgehead atoms. The second-order valence-corrected chi connectivity index (χ2v) is 5.95. The molecular formula is C12H15N3OS.